The van der Waals surface area contributed by atoms with Crippen LogP contribution in [0.5, 0.6) is 0 Å². The fourth-order valence-corrected chi connectivity index (χ4v) is 3.31. The Morgan fingerprint density at radius 3 is 2.52 bits per heavy atom. The highest BCUT2D eigenvalue weighted by Crippen LogP contribution is 2.41. The van der Waals surface area contributed by atoms with E-state index < -0.39 is 41.7 Å². The van der Waals surface area contributed by atoms with Gasteiger partial charge in [0.1, 0.15) is 18.8 Å². The van der Waals surface area contributed by atoms with Crippen LogP contribution in [-0.2, 0) is 28.5 Å². The minimum Gasteiger partial charge on any atom is -0.465 e. The molecule has 0 bridgehead atoms. The molecule has 6 nitrogen and oxygen atoms in total. The highest BCUT2D eigenvalue weighted by molar-refractivity contribution is 8.14. The number of ether oxygens (including phenoxy) is 4. The van der Waals surface area contributed by atoms with Crippen molar-refractivity contribution in [1.82, 2.24) is 0 Å². The number of carbonyl (C=O) groups is 2. The van der Waals surface area contributed by atoms with Crippen LogP contribution in [0.2, 0.25) is 0 Å². The van der Waals surface area contributed by atoms with Gasteiger partial charge in [0.2, 0.25) is 0 Å². The molecule has 21 heavy (non-hydrogen) atoms. The molecule has 0 spiro atoms. The summed E-state index contributed by atoms with van der Waals surface area (Å²) in [5.74, 6) is -1.39. The lowest BCUT2D eigenvalue weighted by molar-refractivity contribution is -0.211. The molecule has 0 aromatic heterocycles. The van der Waals surface area contributed by atoms with E-state index >= 15 is 0 Å². The Hall–Kier alpha value is -0.700. The minimum absolute atomic E-state index is 0.104. The zero-order valence-corrected chi connectivity index (χ0v) is 13.1. The van der Waals surface area contributed by atoms with Gasteiger partial charge < -0.3 is 18.9 Å². The molecule has 2 rings (SSSR count). The predicted octanol–water partition coefficient (Wildman–Crippen LogP) is 1.41. The molecule has 0 aromatic rings. The van der Waals surface area contributed by atoms with Crippen molar-refractivity contribution in [3.05, 3.63) is 0 Å². The topological polar surface area (TPSA) is 71.1 Å². The molecular formula is C13H19FO6S. The molecular weight excluding hydrogens is 303 g/mol. The van der Waals surface area contributed by atoms with Crippen molar-refractivity contribution in [3.8, 4) is 0 Å². The SMILES string of the molecule is CC(=O)OC[C@@H](SC(C)=O)[C@H]1O[C@@H]2OC(C)(C)O[C@@H]2[C@@H]1F. The summed E-state index contributed by atoms with van der Waals surface area (Å²) in [7, 11) is 0. The second-order valence-electron chi connectivity index (χ2n) is 5.46. The molecule has 120 valence electrons. The standard InChI is InChI=1S/C13H19FO6S/c1-6(15)17-5-8(21-7(2)16)10-9(14)11-12(18-10)20-13(3,4)19-11/h8-12H,5H2,1-4H3/t8-,9-,10-,11-,12-/m1/s1. The summed E-state index contributed by atoms with van der Waals surface area (Å²) < 4.78 is 35.9. The van der Waals surface area contributed by atoms with Gasteiger partial charge in [-0.3, -0.25) is 9.59 Å². The molecule has 5 atom stereocenters. The highest BCUT2D eigenvalue weighted by Gasteiger charge is 2.57. The summed E-state index contributed by atoms with van der Waals surface area (Å²) in [6.07, 6.45) is -4.03. The zero-order valence-electron chi connectivity index (χ0n) is 12.3. The first-order valence-electron chi connectivity index (χ1n) is 6.65. The maximum absolute atomic E-state index is 14.5. The predicted molar refractivity (Wildman–Crippen MR) is 72.3 cm³/mol. The maximum atomic E-state index is 14.5. The summed E-state index contributed by atoms with van der Waals surface area (Å²) in [5, 5.41) is -0.843. The van der Waals surface area contributed by atoms with Crippen LogP contribution in [0.25, 0.3) is 0 Å². The number of carbonyl (C=O) groups excluding carboxylic acids is 2. The van der Waals surface area contributed by atoms with Crippen LogP contribution in [-0.4, -0.2) is 53.4 Å². The first kappa shape index (κ1) is 16.7. The Balaban J connectivity index is 2.04. The molecule has 2 fully saturated rings. The van der Waals surface area contributed by atoms with Crippen LogP contribution in [0.1, 0.15) is 27.7 Å². The van der Waals surface area contributed by atoms with Gasteiger partial charge in [0, 0.05) is 13.8 Å². The van der Waals surface area contributed by atoms with Gasteiger partial charge in [-0.05, 0) is 13.8 Å². The fourth-order valence-electron chi connectivity index (χ4n) is 2.40. The van der Waals surface area contributed by atoms with Crippen molar-refractivity contribution in [2.45, 2.75) is 63.4 Å². The molecule has 0 aromatic carbocycles. The van der Waals surface area contributed by atoms with Crippen molar-refractivity contribution in [1.29, 1.82) is 0 Å². The second kappa shape index (κ2) is 6.20. The van der Waals surface area contributed by atoms with Crippen molar-refractivity contribution in [2.24, 2.45) is 0 Å². The lowest BCUT2D eigenvalue weighted by atomic mass is 10.1. The number of hydrogen-bond acceptors (Lipinski definition) is 7. The molecule has 2 saturated heterocycles. The summed E-state index contributed by atoms with van der Waals surface area (Å²) in [4.78, 5) is 22.2. The van der Waals surface area contributed by atoms with E-state index in [9.17, 15) is 14.0 Å². The smallest absolute Gasteiger partial charge is 0.302 e. The number of halogens is 1. The number of rotatable bonds is 4. The van der Waals surface area contributed by atoms with Crippen LogP contribution < -0.4 is 0 Å². The molecule has 0 unspecified atom stereocenters. The summed E-state index contributed by atoms with van der Waals surface area (Å²) in [6, 6.07) is 0. The Kier molecular flexibility index (Phi) is 4.92. The molecule has 0 N–H and O–H groups in total. The largest absolute Gasteiger partial charge is 0.465 e. The molecule has 2 aliphatic heterocycles. The molecule has 0 aliphatic carbocycles. The van der Waals surface area contributed by atoms with E-state index in [1.807, 2.05) is 0 Å². The number of thioether (sulfide) groups is 1. The van der Waals surface area contributed by atoms with Crippen molar-refractivity contribution < 1.29 is 32.9 Å². The highest BCUT2D eigenvalue weighted by atomic mass is 32.2. The number of fused-ring (bicyclic) bond motifs is 1. The maximum Gasteiger partial charge on any atom is 0.302 e. The van der Waals surface area contributed by atoms with Gasteiger partial charge >= 0.3 is 5.97 Å². The average molecular weight is 322 g/mol. The quantitative estimate of drug-likeness (QED) is 0.725. The van der Waals surface area contributed by atoms with Crippen LogP contribution in [0.4, 0.5) is 4.39 Å². The van der Waals surface area contributed by atoms with Gasteiger partial charge in [-0.15, -0.1) is 0 Å². The van der Waals surface area contributed by atoms with Gasteiger partial charge in [-0.2, -0.15) is 0 Å². The van der Waals surface area contributed by atoms with E-state index in [0.717, 1.165) is 11.8 Å². The van der Waals surface area contributed by atoms with Gasteiger partial charge in [0.25, 0.3) is 0 Å². The molecule has 2 aliphatic rings. The zero-order chi connectivity index (χ0) is 15.8. The number of esters is 1. The van der Waals surface area contributed by atoms with Crippen LogP contribution >= 0.6 is 11.8 Å². The third-order valence-electron chi connectivity index (χ3n) is 3.14. The molecule has 8 heteroatoms. The van der Waals surface area contributed by atoms with Crippen molar-refractivity contribution in [3.63, 3.8) is 0 Å². The summed E-state index contributed by atoms with van der Waals surface area (Å²) in [6.45, 7) is 5.87. The molecule has 2 heterocycles. The van der Waals surface area contributed by atoms with Gasteiger partial charge in [-0.1, -0.05) is 11.8 Å². The first-order valence-corrected chi connectivity index (χ1v) is 7.53. The number of alkyl halides is 1. The van der Waals surface area contributed by atoms with Crippen LogP contribution in [0.15, 0.2) is 0 Å². The minimum atomic E-state index is -1.45. The van der Waals surface area contributed by atoms with Crippen molar-refractivity contribution in [2.75, 3.05) is 6.61 Å². The van der Waals surface area contributed by atoms with Crippen LogP contribution in [0.3, 0.4) is 0 Å². The lowest BCUT2D eigenvalue weighted by Crippen LogP contribution is -2.39. The summed E-state index contributed by atoms with van der Waals surface area (Å²) in [5.41, 5.74) is 0. The monoisotopic (exact) mass is 322 g/mol. The Morgan fingerprint density at radius 2 is 2.00 bits per heavy atom. The second-order valence-corrected chi connectivity index (χ2v) is 6.88. The van der Waals surface area contributed by atoms with E-state index in [2.05, 4.69) is 0 Å². The van der Waals surface area contributed by atoms with Crippen LogP contribution in [0, 0.1) is 0 Å². The molecule has 0 radical (unpaired) electrons. The molecule has 0 amide bonds. The third kappa shape index (κ3) is 3.94. The van der Waals surface area contributed by atoms with Gasteiger partial charge in [-0.25, -0.2) is 4.39 Å². The van der Waals surface area contributed by atoms with E-state index in [0.29, 0.717) is 0 Å². The normalized spacial score (nSPS) is 35.3. The van der Waals surface area contributed by atoms with Gasteiger partial charge in [0.15, 0.2) is 23.4 Å². The van der Waals surface area contributed by atoms with E-state index in [1.165, 1.54) is 13.8 Å². The van der Waals surface area contributed by atoms with E-state index in [1.54, 1.807) is 13.8 Å². The van der Waals surface area contributed by atoms with E-state index in [4.69, 9.17) is 18.9 Å². The Bertz CT molecular complexity index is 429. The van der Waals surface area contributed by atoms with E-state index in [-0.39, 0.29) is 11.7 Å². The Labute approximate surface area is 126 Å². The average Bonchev–Trinajstić information content (AvgIpc) is 2.78. The first-order chi connectivity index (χ1) is 9.69. The van der Waals surface area contributed by atoms with Crippen molar-refractivity contribution >= 4 is 22.8 Å². The lowest BCUT2D eigenvalue weighted by Gasteiger charge is -2.26. The van der Waals surface area contributed by atoms with Gasteiger partial charge in [0.05, 0.1) is 5.25 Å². The Morgan fingerprint density at radius 1 is 1.33 bits per heavy atom. The summed E-state index contributed by atoms with van der Waals surface area (Å²) >= 11 is 0.889. The molecule has 0 saturated carbocycles. The third-order valence-corrected chi connectivity index (χ3v) is 4.18. The number of hydrogen-bond donors (Lipinski definition) is 0. The fraction of sp³-hybridized carbons (Fsp3) is 0.846.